The van der Waals surface area contributed by atoms with E-state index < -0.39 is 0 Å². The quantitative estimate of drug-likeness (QED) is 0.816. The molecule has 1 rings (SSSR count). The van der Waals surface area contributed by atoms with Crippen molar-refractivity contribution < 1.29 is 0 Å². The Bertz CT molecular complexity index is 352. The fourth-order valence-corrected chi connectivity index (χ4v) is 3.02. The van der Waals surface area contributed by atoms with Gasteiger partial charge >= 0.3 is 0 Å². The zero-order valence-electron chi connectivity index (χ0n) is 9.57. The van der Waals surface area contributed by atoms with Crippen molar-refractivity contribution in [3.8, 4) is 0 Å². The number of hydrogen-bond acceptors (Lipinski definition) is 3. The molecule has 1 aromatic heterocycles. The topological polar surface area (TPSA) is 29.3 Å². The maximum atomic E-state index is 5.64. The summed E-state index contributed by atoms with van der Waals surface area (Å²) in [6.07, 6.45) is 0. The first-order valence-corrected chi connectivity index (χ1v) is 7.36. The minimum atomic E-state index is 0.272. The van der Waals surface area contributed by atoms with Gasteiger partial charge in [-0.15, -0.1) is 11.3 Å². The molecule has 0 amide bonds. The van der Waals surface area contributed by atoms with Crippen LogP contribution in [0.3, 0.4) is 0 Å². The molecular weight excluding hydrogens is 304 g/mol. The van der Waals surface area contributed by atoms with Crippen LogP contribution in [-0.4, -0.2) is 23.0 Å². The molecule has 1 atom stereocenters. The van der Waals surface area contributed by atoms with Crippen LogP contribution in [0.2, 0.25) is 0 Å². The van der Waals surface area contributed by atoms with E-state index in [1.165, 1.54) is 9.35 Å². The summed E-state index contributed by atoms with van der Waals surface area (Å²) in [5.74, 6) is 0.272. The lowest BCUT2D eigenvalue weighted by atomic mass is 10.1. The smallest absolute Gasteiger partial charge is 0.0768 e. The maximum absolute atomic E-state index is 5.64. The first kappa shape index (κ1) is 14.1. The van der Waals surface area contributed by atoms with Gasteiger partial charge in [0, 0.05) is 28.4 Å². The lowest BCUT2D eigenvalue weighted by Crippen LogP contribution is -2.33. The molecule has 1 heterocycles. The lowest BCUT2D eigenvalue weighted by molar-refractivity contribution is 0.266. The monoisotopic (exact) mass is 320 g/mol. The Kier molecular flexibility index (Phi) is 5.89. The third kappa shape index (κ3) is 4.13. The van der Waals surface area contributed by atoms with E-state index in [0.717, 1.165) is 19.6 Å². The second kappa shape index (κ2) is 6.69. The zero-order valence-corrected chi connectivity index (χ0v) is 12.8. The van der Waals surface area contributed by atoms with Crippen molar-refractivity contribution in [2.45, 2.75) is 20.4 Å². The third-order valence-electron chi connectivity index (χ3n) is 2.52. The second-order valence-electron chi connectivity index (χ2n) is 3.82. The molecule has 1 unspecified atom stereocenters. The van der Waals surface area contributed by atoms with Crippen LogP contribution in [0.25, 0.3) is 0 Å². The van der Waals surface area contributed by atoms with Crippen LogP contribution < -0.4 is 5.73 Å². The summed E-state index contributed by atoms with van der Waals surface area (Å²) in [6, 6.07) is 2.09. The molecule has 0 aliphatic carbocycles. The normalized spacial score (nSPS) is 13.0. The third-order valence-corrected chi connectivity index (χ3v) is 4.84. The number of halogens is 1. The maximum Gasteiger partial charge on any atom is 0.0768 e. The summed E-state index contributed by atoms with van der Waals surface area (Å²) in [5.41, 5.74) is 5.64. The van der Waals surface area contributed by atoms with Crippen LogP contribution in [0.1, 0.15) is 18.7 Å². The van der Waals surface area contributed by atoms with E-state index in [1.807, 2.05) is 0 Å². The van der Waals surface area contributed by atoms with Gasteiger partial charge in [0.25, 0.3) is 0 Å². The Morgan fingerprint density at radius 1 is 1.69 bits per heavy atom. The van der Waals surface area contributed by atoms with E-state index in [9.17, 15) is 0 Å². The lowest BCUT2D eigenvalue weighted by Gasteiger charge is -2.23. The van der Waals surface area contributed by atoms with Crippen molar-refractivity contribution in [2.24, 2.45) is 11.7 Å². The molecule has 0 saturated carbocycles. The Morgan fingerprint density at radius 2 is 2.38 bits per heavy atom. The standard InChI is InChI=1S/C11H17BrN2S2/c1-3-14(6-8(2)11(13)15)7-10-9(12)4-5-16-10/h4-5,8H,3,6-7H2,1-2H3,(H2,13,15). The van der Waals surface area contributed by atoms with Gasteiger partial charge in [0.05, 0.1) is 4.99 Å². The molecule has 0 radical (unpaired) electrons. The highest BCUT2D eigenvalue weighted by Gasteiger charge is 2.13. The van der Waals surface area contributed by atoms with Crippen molar-refractivity contribution in [3.63, 3.8) is 0 Å². The van der Waals surface area contributed by atoms with Crippen LogP contribution in [-0.2, 0) is 6.54 Å². The van der Waals surface area contributed by atoms with E-state index in [-0.39, 0.29) is 5.92 Å². The summed E-state index contributed by atoms with van der Waals surface area (Å²) in [4.78, 5) is 4.32. The van der Waals surface area contributed by atoms with Crippen LogP contribution in [0.5, 0.6) is 0 Å². The van der Waals surface area contributed by atoms with Crippen molar-refractivity contribution in [3.05, 3.63) is 20.8 Å². The molecule has 90 valence electrons. The number of nitrogens with two attached hydrogens (primary N) is 1. The van der Waals surface area contributed by atoms with Crippen molar-refractivity contribution >= 4 is 44.5 Å². The number of rotatable bonds is 6. The molecule has 0 aromatic carbocycles. The van der Waals surface area contributed by atoms with Gasteiger partial charge < -0.3 is 5.73 Å². The average molecular weight is 321 g/mol. The molecular formula is C11H17BrN2S2. The van der Waals surface area contributed by atoms with E-state index >= 15 is 0 Å². The van der Waals surface area contributed by atoms with Gasteiger partial charge in [0.2, 0.25) is 0 Å². The highest BCUT2D eigenvalue weighted by atomic mass is 79.9. The molecule has 0 fully saturated rings. The van der Waals surface area contributed by atoms with Gasteiger partial charge in [-0.1, -0.05) is 26.1 Å². The molecule has 0 aliphatic rings. The second-order valence-corrected chi connectivity index (χ2v) is 6.15. The van der Waals surface area contributed by atoms with Gasteiger partial charge in [-0.05, 0) is 33.9 Å². The number of nitrogens with zero attached hydrogens (tertiary/aromatic N) is 1. The molecule has 2 nitrogen and oxygen atoms in total. The number of thiophene rings is 1. The van der Waals surface area contributed by atoms with E-state index in [4.69, 9.17) is 18.0 Å². The minimum absolute atomic E-state index is 0.272. The summed E-state index contributed by atoms with van der Waals surface area (Å²) in [6.45, 7) is 7.14. The SMILES string of the molecule is CCN(Cc1sccc1Br)CC(C)C(N)=S. The fourth-order valence-electron chi connectivity index (χ4n) is 1.42. The molecule has 2 N–H and O–H groups in total. The first-order chi connectivity index (χ1) is 7.54. The molecule has 0 aliphatic heterocycles. The molecule has 16 heavy (non-hydrogen) atoms. The predicted octanol–water partition coefficient (Wildman–Crippen LogP) is 3.25. The fraction of sp³-hybridized carbons (Fsp3) is 0.545. The van der Waals surface area contributed by atoms with E-state index in [1.54, 1.807) is 11.3 Å². The van der Waals surface area contributed by atoms with Gasteiger partial charge in [0.15, 0.2) is 0 Å². The summed E-state index contributed by atoms with van der Waals surface area (Å²) in [7, 11) is 0. The molecule has 1 aromatic rings. The minimum Gasteiger partial charge on any atom is -0.393 e. The van der Waals surface area contributed by atoms with E-state index in [2.05, 4.69) is 46.1 Å². The molecule has 0 bridgehead atoms. The Labute approximate surface area is 115 Å². The van der Waals surface area contributed by atoms with Gasteiger partial charge in [-0.3, -0.25) is 4.90 Å². The van der Waals surface area contributed by atoms with Crippen molar-refractivity contribution in [2.75, 3.05) is 13.1 Å². The highest BCUT2D eigenvalue weighted by molar-refractivity contribution is 9.10. The Balaban J connectivity index is 2.56. The largest absolute Gasteiger partial charge is 0.393 e. The van der Waals surface area contributed by atoms with Gasteiger partial charge in [0.1, 0.15) is 0 Å². The van der Waals surface area contributed by atoms with Crippen molar-refractivity contribution in [1.29, 1.82) is 0 Å². The zero-order chi connectivity index (χ0) is 12.1. The van der Waals surface area contributed by atoms with Gasteiger partial charge in [-0.2, -0.15) is 0 Å². The first-order valence-electron chi connectivity index (χ1n) is 5.28. The van der Waals surface area contributed by atoms with Gasteiger partial charge in [-0.25, -0.2) is 0 Å². The predicted molar refractivity (Wildman–Crippen MR) is 78.9 cm³/mol. The molecule has 5 heteroatoms. The number of hydrogen-bond donors (Lipinski definition) is 1. The number of thiocarbonyl (C=S) groups is 1. The molecule has 0 spiro atoms. The van der Waals surface area contributed by atoms with Crippen LogP contribution >= 0.6 is 39.5 Å². The van der Waals surface area contributed by atoms with E-state index in [0.29, 0.717) is 4.99 Å². The summed E-state index contributed by atoms with van der Waals surface area (Å²) in [5, 5.41) is 2.10. The summed E-state index contributed by atoms with van der Waals surface area (Å²) < 4.78 is 1.19. The highest BCUT2D eigenvalue weighted by Crippen LogP contribution is 2.24. The average Bonchev–Trinajstić information content (AvgIpc) is 2.63. The Hall–Kier alpha value is 0.0300. The van der Waals surface area contributed by atoms with Crippen LogP contribution in [0.4, 0.5) is 0 Å². The molecule has 0 saturated heterocycles. The van der Waals surface area contributed by atoms with Crippen molar-refractivity contribution in [1.82, 2.24) is 4.90 Å². The Morgan fingerprint density at radius 3 is 2.81 bits per heavy atom. The summed E-state index contributed by atoms with van der Waals surface area (Å²) >= 11 is 10.3. The van der Waals surface area contributed by atoms with Crippen LogP contribution in [0, 0.1) is 5.92 Å². The van der Waals surface area contributed by atoms with Crippen LogP contribution in [0.15, 0.2) is 15.9 Å².